The summed E-state index contributed by atoms with van der Waals surface area (Å²) in [7, 11) is -2.89. The molecular formula is C28H27N5O7S. The number of pyridine rings is 1. The first-order valence-electron chi connectivity index (χ1n) is 12.6. The van der Waals surface area contributed by atoms with Gasteiger partial charge in [-0.2, -0.15) is 4.36 Å². The lowest BCUT2D eigenvalue weighted by Gasteiger charge is -2.28. The number of aliphatic carboxylic acids is 1. The van der Waals surface area contributed by atoms with E-state index in [0.717, 1.165) is 5.56 Å². The summed E-state index contributed by atoms with van der Waals surface area (Å²) in [6, 6.07) is 9.69. The second kappa shape index (κ2) is 12.9. The average molecular weight is 578 g/mol. The van der Waals surface area contributed by atoms with Gasteiger partial charge in [0.15, 0.2) is 5.76 Å². The number of urea groups is 1. The Kier molecular flexibility index (Phi) is 9.15. The lowest BCUT2D eigenvalue weighted by atomic mass is 10.1. The molecule has 1 saturated heterocycles. The van der Waals surface area contributed by atoms with Gasteiger partial charge in [-0.1, -0.05) is 17.9 Å². The minimum Gasteiger partial charge on any atom is -0.481 e. The van der Waals surface area contributed by atoms with Crippen LogP contribution < -0.4 is 10.6 Å². The number of hydrogen-bond donors (Lipinski definition) is 3. The number of nitrogens with zero attached hydrogens (tertiary/aromatic N) is 3. The van der Waals surface area contributed by atoms with E-state index in [2.05, 4.69) is 31.8 Å². The summed E-state index contributed by atoms with van der Waals surface area (Å²) in [6.07, 6.45) is 4.05. The Balaban J connectivity index is 1.39. The van der Waals surface area contributed by atoms with Gasteiger partial charge in [0, 0.05) is 54.4 Å². The average Bonchev–Trinajstić information content (AvgIpc) is 3.38. The molecule has 1 aliphatic rings. The van der Waals surface area contributed by atoms with E-state index in [1.54, 1.807) is 37.3 Å². The molecular weight excluding hydrogens is 550 g/mol. The fraction of sp³-hybridized carbons (Fsp3) is 0.250. The van der Waals surface area contributed by atoms with Crippen LogP contribution in [0, 0.1) is 18.8 Å². The number of benzene rings is 1. The molecule has 0 unspecified atom stereocenters. The van der Waals surface area contributed by atoms with Crippen LogP contribution in [0.1, 0.15) is 44.0 Å². The van der Waals surface area contributed by atoms with Gasteiger partial charge in [0.2, 0.25) is 0 Å². The van der Waals surface area contributed by atoms with Crippen molar-refractivity contribution < 1.29 is 32.9 Å². The van der Waals surface area contributed by atoms with Crippen molar-refractivity contribution in [3.63, 3.8) is 0 Å². The van der Waals surface area contributed by atoms with E-state index in [0.29, 0.717) is 16.8 Å². The highest BCUT2D eigenvalue weighted by atomic mass is 32.2. The molecule has 12 nitrogen and oxygen atoms in total. The molecule has 13 heteroatoms. The van der Waals surface area contributed by atoms with Crippen LogP contribution >= 0.6 is 0 Å². The van der Waals surface area contributed by atoms with Gasteiger partial charge in [-0.3, -0.25) is 19.4 Å². The predicted molar refractivity (Wildman–Crippen MR) is 150 cm³/mol. The molecule has 3 N–H and O–H groups in total. The van der Waals surface area contributed by atoms with E-state index >= 15 is 0 Å². The summed E-state index contributed by atoms with van der Waals surface area (Å²) in [5.74, 6) is 4.08. The molecule has 0 atom stereocenters. The normalized spacial score (nSPS) is 13.8. The number of amides is 4. The molecule has 1 aromatic carbocycles. The Bertz CT molecular complexity index is 1660. The van der Waals surface area contributed by atoms with E-state index in [1.165, 1.54) is 29.6 Å². The second-order valence-corrected chi connectivity index (χ2v) is 11.7. The minimum atomic E-state index is -2.89. The third kappa shape index (κ3) is 8.02. The molecule has 0 saturated carbocycles. The van der Waals surface area contributed by atoms with Gasteiger partial charge in [-0.15, -0.1) is 0 Å². The third-order valence-electron chi connectivity index (χ3n) is 6.04. The van der Waals surface area contributed by atoms with Crippen molar-refractivity contribution in [1.82, 2.24) is 15.2 Å². The number of anilines is 1. The summed E-state index contributed by atoms with van der Waals surface area (Å²) >= 11 is 0. The van der Waals surface area contributed by atoms with Crippen LogP contribution in [-0.4, -0.2) is 74.2 Å². The number of aromatic nitrogens is 1. The number of carbonyl (C=O) groups excluding carboxylic acids is 3. The smallest absolute Gasteiger partial charge is 0.317 e. The molecule has 3 heterocycles. The van der Waals surface area contributed by atoms with E-state index in [4.69, 9.17) is 9.52 Å². The molecule has 1 aliphatic heterocycles. The zero-order valence-electron chi connectivity index (χ0n) is 22.1. The Morgan fingerprint density at radius 1 is 1.10 bits per heavy atom. The Morgan fingerprint density at radius 2 is 1.85 bits per heavy atom. The summed E-state index contributed by atoms with van der Waals surface area (Å²) in [5, 5.41) is 13.9. The number of carbonyl (C=O) groups is 4. The second-order valence-electron chi connectivity index (χ2n) is 9.12. The fourth-order valence-corrected chi connectivity index (χ4v) is 5.65. The lowest BCUT2D eigenvalue weighted by molar-refractivity contribution is -0.136. The zero-order valence-corrected chi connectivity index (χ0v) is 22.9. The first-order chi connectivity index (χ1) is 19.6. The topological polar surface area (TPSA) is 171 Å². The van der Waals surface area contributed by atoms with Crippen LogP contribution in [0.25, 0.3) is 0 Å². The van der Waals surface area contributed by atoms with Crippen LogP contribution in [0.3, 0.4) is 0 Å². The number of carboxylic acids is 1. The van der Waals surface area contributed by atoms with Gasteiger partial charge in [0.25, 0.3) is 11.8 Å². The van der Waals surface area contributed by atoms with Crippen LogP contribution in [0.5, 0.6) is 0 Å². The number of carboxylic acid groups (broad SMARTS) is 1. The molecule has 0 bridgehead atoms. The van der Waals surface area contributed by atoms with Crippen molar-refractivity contribution in [2.75, 3.05) is 36.5 Å². The van der Waals surface area contributed by atoms with Gasteiger partial charge < -0.3 is 25.1 Å². The highest BCUT2D eigenvalue weighted by Gasteiger charge is 2.25. The highest BCUT2D eigenvalue weighted by Crippen LogP contribution is 2.15. The van der Waals surface area contributed by atoms with Gasteiger partial charge in [0.05, 0.1) is 39.5 Å². The molecule has 41 heavy (non-hydrogen) atoms. The minimum absolute atomic E-state index is 0.0113. The number of hydrogen-bond acceptors (Lipinski definition) is 7. The Labute approximate surface area is 236 Å². The van der Waals surface area contributed by atoms with E-state index in [1.807, 2.05) is 0 Å². The summed E-state index contributed by atoms with van der Waals surface area (Å²) in [4.78, 5) is 53.4. The van der Waals surface area contributed by atoms with Gasteiger partial charge >= 0.3 is 12.0 Å². The van der Waals surface area contributed by atoms with Crippen LogP contribution in [0.15, 0.2) is 63.8 Å². The maximum atomic E-state index is 13.2. The van der Waals surface area contributed by atoms with Crippen LogP contribution in [-0.2, 0) is 14.5 Å². The molecule has 0 spiro atoms. The number of rotatable bonds is 6. The maximum absolute atomic E-state index is 13.2. The molecule has 212 valence electrons. The lowest BCUT2D eigenvalue weighted by Crippen LogP contribution is -2.48. The van der Waals surface area contributed by atoms with Crippen LogP contribution in [0.4, 0.5) is 10.5 Å². The number of nitrogens with one attached hydrogen (secondary N) is 2. The van der Waals surface area contributed by atoms with Crippen molar-refractivity contribution in [1.29, 1.82) is 0 Å². The predicted octanol–water partition coefficient (Wildman–Crippen LogP) is 2.74. The van der Waals surface area contributed by atoms with E-state index < -0.39 is 27.6 Å². The van der Waals surface area contributed by atoms with Crippen molar-refractivity contribution >= 4 is 39.2 Å². The largest absolute Gasteiger partial charge is 0.481 e. The summed E-state index contributed by atoms with van der Waals surface area (Å²) in [6.45, 7) is 2.01. The van der Waals surface area contributed by atoms with E-state index in [9.17, 15) is 23.4 Å². The maximum Gasteiger partial charge on any atom is 0.317 e. The molecule has 2 aromatic heterocycles. The Hall–Kier alpha value is -4.96. The van der Waals surface area contributed by atoms with Crippen molar-refractivity contribution in [2.45, 2.75) is 13.3 Å². The SMILES string of the molecule is Cc1ccoc1C(=O)Nc1cccc(C#Cc2cncc(C(=O)N=S3(=O)CCN(C(=O)NCCC(=O)O)CC3)c2)c1. The first-order valence-corrected chi connectivity index (χ1v) is 14.4. The van der Waals surface area contributed by atoms with E-state index in [-0.39, 0.29) is 54.8 Å². The molecule has 4 rings (SSSR count). The highest BCUT2D eigenvalue weighted by molar-refractivity contribution is 7.94. The van der Waals surface area contributed by atoms with Gasteiger partial charge in [-0.25, -0.2) is 9.00 Å². The van der Waals surface area contributed by atoms with Gasteiger partial charge in [-0.05, 0) is 37.3 Å². The quantitative estimate of drug-likeness (QED) is 0.375. The molecule has 0 radical (unpaired) electrons. The Morgan fingerprint density at radius 3 is 2.56 bits per heavy atom. The number of furan rings is 1. The monoisotopic (exact) mass is 577 g/mol. The van der Waals surface area contributed by atoms with Crippen molar-refractivity contribution in [3.8, 4) is 11.8 Å². The van der Waals surface area contributed by atoms with Crippen molar-refractivity contribution in [3.05, 3.63) is 83.1 Å². The van der Waals surface area contributed by atoms with Crippen LogP contribution in [0.2, 0.25) is 0 Å². The summed E-state index contributed by atoms with van der Waals surface area (Å²) < 4.78 is 22.3. The summed E-state index contributed by atoms with van der Waals surface area (Å²) in [5.41, 5.74) is 2.44. The fourth-order valence-electron chi connectivity index (χ4n) is 3.84. The molecule has 1 fully saturated rings. The molecule has 0 aliphatic carbocycles. The molecule has 4 amide bonds. The van der Waals surface area contributed by atoms with Crippen molar-refractivity contribution in [2.24, 2.45) is 4.36 Å². The first kappa shape index (κ1) is 29.0. The zero-order chi connectivity index (χ0) is 29.4. The standard InChI is InChI=1S/C28H27N5O7S/c1-19-8-12-40-25(19)27(37)31-23-4-2-3-20(16-23)5-6-21-15-22(18-29-17-21)26(36)32-41(39)13-10-33(11-14-41)28(38)30-9-7-24(34)35/h2-4,8,12,15-18H,7,9-11,13-14H2,1H3,(H,30,38)(H,31,37)(H,34,35). The van der Waals surface area contributed by atoms with Gasteiger partial charge in [0.1, 0.15) is 0 Å². The third-order valence-corrected chi connectivity index (χ3v) is 8.18. The number of aryl methyl sites for hydroxylation is 1. The molecule has 3 aromatic rings.